The Balaban J connectivity index is 1.46. The quantitative estimate of drug-likeness (QED) is 0.510. The van der Waals surface area contributed by atoms with E-state index in [-0.39, 0.29) is 5.91 Å². The number of aromatic nitrogens is 3. The highest BCUT2D eigenvalue weighted by Crippen LogP contribution is 2.30. The Bertz CT molecular complexity index is 1030. The molecule has 2 aromatic carbocycles. The topological polar surface area (TPSA) is 60.2 Å². The third kappa shape index (κ3) is 4.51. The first-order valence-electron chi connectivity index (χ1n) is 10.1. The first-order chi connectivity index (χ1) is 14.6. The minimum atomic E-state index is 0.135. The molecule has 1 fully saturated rings. The van der Waals surface area contributed by atoms with Crippen LogP contribution in [0.15, 0.2) is 53.7 Å². The van der Waals surface area contributed by atoms with Crippen molar-refractivity contribution in [2.24, 2.45) is 0 Å². The lowest BCUT2D eigenvalue weighted by Gasteiger charge is -2.22. The maximum atomic E-state index is 13.1. The van der Waals surface area contributed by atoms with E-state index in [1.54, 1.807) is 7.11 Å². The van der Waals surface area contributed by atoms with E-state index >= 15 is 0 Å². The molecule has 0 bridgehead atoms. The summed E-state index contributed by atoms with van der Waals surface area (Å²) in [5.74, 6) is 2.12. The summed E-state index contributed by atoms with van der Waals surface area (Å²) < 4.78 is 7.25. The molecule has 1 heterocycles. The van der Waals surface area contributed by atoms with E-state index in [4.69, 9.17) is 4.74 Å². The zero-order chi connectivity index (χ0) is 21.1. The predicted molar refractivity (Wildman–Crippen MR) is 118 cm³/mol. The molecule has 7 heteroatoms. The van der Waals surface area contributed by atoms with E-state index in [0.29, 0.717) is 18.3 Å². The molecule has 1 saturated carbocycles. The van der Waals surface area contributed by atoms with Crippen LogP contribution < -0.4 is 4.74 Å². The lowest BCUT2D eigenvalue weighted by atomic mass is 10.2. The number of benzene rings is 2. The number of ether oxygens (including phenoxy) is 1. The number of para-hydroxylation sites is 1. The van der Waals surface area contributed by atoms with Crippen LogP contribution in [0.5, 0.6) is 5.75 Å². The molecule has 1 aliphatic carbocycles. The van der Waals surface area contributed by atoms with Gasteiger partial charge in [0.05, 0.1) is 18.6 Å². The molecule has 0 aliphatic heterocycles. The molecule has 0 atom stereocenters. The Hall–Kier alpha value is -2.80. The summed E-state index contributed by atoms with van der Waals surface area (Å²) in [6.45, 7) is 4.63. The SMILES string of the molecule is COc1ccc(CN(C(=O)CSc2nnc(C)n2-c2ccccc2C)C2CC2)cc1. The van der Waals surface area contributed by atoms with Gasteiger partial charge in [0, 0.05) is 12.6 Å². The minimum absolute atomic E-state index is 0.135. The molecule has 6 nitrogen and oxygen atoms in total. The van der Waals surface area contributed by atoms with Crippen LogP contribution >= 0.6 is 11.8 Å². The zero-order valence-corrected chi connectivity index (χ0v) is 18.4. The van der Waals surface area contributed by atoms with Crippen LogP contribution in [0.4, 0.5) is 0 Å². The maximum absolute atomic E-state index is 13.1. The number of methoxy groups -OCH3 is 1. The van der Waals surface area contributed by atoms with Crippen molar-refractivity contribution < 1.29 is 9.53 Å². The fourth-order valence-electron chi connectivity index (χ4n) is 3.47. The van der Waals surface area contributed by atoms with Gasteiger partial charge in [-0.15, -0.1) is 10.2 Å². The second kappa shape index (κ2) is 8.92. The predicted octanol–water partition coefficient (Wildman–Crippen LogP) is 4.18. The van der Waals surface area contributed by atoms with Crippen molar-refractivity contribution >= 4 is 17.7 Å². The zero-order valence-electron chi connectivity index (χ0n) is 17.5. The maximum Gasteiger partial charge on any atom is 0.233 e. The number of hydrogen-bond donors (Lipinski definition) is 0. The van der Waals surface area contributed by atoms with Crippen molar-refractivity contribution in [3.05, 3.63) is 65.5 Å². The van der Waals surface area contributed by atoms with Gasteiger partial charge in [-0.25, -0.2) is 0 Å². The van der Waals surface area contributed by atoms with E-state index in [2.05, 4.69) is 29.3 Å². The van der Waals surface area contributed by atoms with E-state index in [1.165, 1.54) is 11.8 Å². The molecule has 4 rings (SSSR count). The molecule has 1 amide bonds. The van der Waals surface area contributed by atoms with E-state index in [0.717, 1.165) is 46.4 Å². The average Bonchev–Trinajstić information content (AvgIpc) is 3.54. The summed E-state index contributed by atoms with van der Waals surface area (Å²) in [5.41, 5.74) is 3.31. The molecule has 156 valence electrons. The Morgan fingerprint density at radius 1 is 1.13 bits per heavy atom. The number of amides is 1. The Morgan fingerprint density at radius 3 is 2.53 bits per heavy atom. The first-order valence-corrected chi connectivity index (χ1v) is 11.1. The summed E-state index contributed by atoms with van der Waals surface area (Å²) in [7, 11) is 1.66. The number of nitrogens with zero attached hydrogens (tertiary/aromatic N) is 4. The fraction of sp³-hybridized carbons (Fsp3) is 0.348. The smallest absolute Gasteiger partial charge is 0.233 e. The van der Waals surface area contributed by atoms with Gasteiger partial charge in [0.15, 0.2) is 5.16 Å². The van der Waals surface area contributed by atoms with Gasteiger partial charge in [-0.3, -0.25) is 9.36 Å². The molecular weight excluding hydrogens is 396 g/mol. The van der Waals surface area contributed by atoms with Crippen LogP contribution in [0.2, 0.25) is 0 Å². The van der Waals surface area contributed by atoms with E-state index in [9.17, 15) is 4.79 Å². The van der Waals surface area contributed by atoms with Crippen LogP contribution in [0.25, 0.3) is 5.69 Å². The summed E-state index contributed by atoms with van der Waals surface area (Å²) in [6, 6.07) is 16.4. The van der Waals surface area contributed by atoms with Crippen molar-refractivity contribution in [1.82, 2.24) is 19.7 Å². The van der Waals surface area contributed by atoms with Crippen LogP contribution in [-0.2, 0) is 11.3 Å². The van der Waals surface area contributed by atoms with Gasteiger partial charge in [0.25, 0.3) is 0 Å². The molecule has 1 aliphatic rings. The largest absolute Gasteiger partial charge is 0.497 e. The summed E-state index contributed by atoms with van der Waals surface area (Å²) in [5, 5.41) is 9.31. The second-order valence-electron chi connectivity index (χ2n) is 7.54. The van der Waals surface area contributed by atoms with Crippen molar-refractivity contribution in [2.75, 3.05) is 12.9 Å². The summed E-state index contributed by atoms with van der Waals surface area (Å²) in [4.78, 5) is 15.1. The third-order valence-corrected chi connectivity index (χ3v) is 6.21. The molecular formula is C23H26N4O2S. The molecule has 0 radical (unpaired) electrons. The van der Waals surface area contributed by atoms with Crippen LogP contribution in [0.1, 0.15) is 29.8 Å². The number of rotatable bonds is 8. The van der Waals surface area contributed by atoms with Crippen LogP contribution in [0, 0.1) is 13.8 Å². The number of aryl methyl sites for hydroxylation is 2. The molecule has 0 saturated heterocycles. The van der Waals surface area contributed by atoms with Gasteiger partial charge in [0.1, 0.15) is 11.6 Å². The van der Waals surface area contributed by atoms with Gasteiger partial charge in [-0.2, -0.15) is 0 Å². The third-order valence-electron chi connectivity index (χ3n) is 5.30. The van der Waals surface area contributed by atoms with Crippen molar-refractivity contribution in [3.8, 4) is 11.4 Å². The lowest BCUT2D eigenvalue weighted by molar-refractivity contribution is -0.129. The number of hydrogen-bond acceptors (Lipinski definition) is 5. The van der Waals surface area contributed by atoms with Gasteiger partial charge >= 0.3 is 0 Å². The fourth-order valence-corrected chi connectivity index (χ4v) is 4.35. The second-order valence-corrected chi connectivity index (χ2v) is 8.48. The summed E-state index contributed by atoms with van der Waals surface area (Å²) in [6.07, 6.45) is 2.15. The highest BCUT2D eigenvalue weighted by molar-refractivity contribution is 7.99. The lowest BCUT2D eigenvalue weighted by Crippen LogP contribution is -2.34. The molecule has 30 heavy (non-hydrogen) atoms. The average molecular weight is 423 g/mol. The Kier molecular flexibility index (Phi) is 6.08. The molecule has 1 aromatic heterocycles. The standard InChI is InChI=1S/C23H26N4O2S/c1-16-6-4-5-7-21(16)27-17(2)24-25-23(27)30-15-22(28)26(19-10-11-19)14-18-8-12-20(29-3)13-9-18/h4-9,12-13,19H,10-11,14-15H2,1-3H3. The first kappa shape index (κ1) is 20.5. The van der Waals surface area contributed by atoms with Gasteiger partial charge < -0.3 is 9.64 Å². The number of thioether (sulfide) groups is 1. The van der Waals surface area contributed by atoms with Crippen molar-refractivity contribution in [1.29, 1.82) is 0 Å². The normalized spacial score (nSPS) is 13.3. The van der Waals surface area contributed by atoms with Crippen LogP contribution in [-0.4, -0.2) is 44.5 Å². The van der Waals surface area contributed by atoms with E-state index in [1.807, 2.05) is 52.8 Å². The van der Waals surface area contributed by atoms with Gasteiger partial charge in [-0.1, -0.05) is 42.1 Å². The monoisotopic (exact) mass is 422 g/mol. The van der Waals surface area contributed by atoms with Crippen molar-refractivity contribution in [2.45, 2.75) is 44.4 Å². The molecule has 0 unspecified atom stereocenters. The Labute approximate surface area is 181 Å². The summed E-state index contributed by atoms with van der Waals surface area (Å²) >= 11 is 1.45. The van der Waals surface area contributed by atoms with Gasteiger partial charge in [0.2, 0.25) is 5.91 Å². The highest BCUT2D eigenvalue weighted by Gasteiger charge is 2.32. The number of carbonyl (C=O) groups excluding carboxylic acids is 1. The molecule has 0 spiro atoms. The highest BCUT2D eigenvalue weighted by atomic mass is 32.2. The Morgan fingerprint density at radius 2 is 1.87 bits per heavy atom. The van der Waals surface area contributed by atoms with Gasteiger partial charge in [-0.05, 0) is 56.0 Å². The van der Waals surface area contributed by atoms with Crippen molar-refractivity contribution in [3.63, 3.8) is 0 Å². The number of carbonyl (C=O) groups is 1. The minimum Gasteiger partial charge on any atom is -0.497 e. The van der Waals surface area contributed by atoms with E-state index < -0.39 is 0 Å². The molecule has 0 N–H and O–H groups in total. The van der Waals surface area contributed by atoms with Crippen LogP contribution in [0.3, 0.4) is 0 Å². The molecule has 3 aromatic rings.